The van der Waals surface area contributed by atoms with E-state index in [9.17, 15) is 9.59 Å². The van der Waals surface area contributed by atoms with Crippen molar-refractivity contribution in [3.8, 4) is 0 Å². The lowest BCUT2D eigenvalue weighted by molar-refractivity contribution is 0.0573. The van der Waals surface area contributed by atoms with Crippen LogP contribution in [0.3, 0.4) is 0 Å². The van der Waals surface area contributed by atoms with E-state index in [0.717, 1.165) is 50.6 Å². The van der Waals surface area contributed by atoms with Gasteiger partial charge in [0, 0.05) is 55.9 Å². The summed E-state index contributed by atoms with van der Waals surface area (Å²) in [5.41, 5.74) is 0.686. The third kappa shape index (κ3) is 4.03. The summed E-state index contributed by atoms with van der Waals surface area (Å²) in [6, 6.07) is 11.3. The highest BCUT2D eigenvalue weighted by atomic mass is 35.5. The number of thiophene rings is 1. The van der Waals surface area contributed by atoms with Gasteiger partial charge in [-0.05, 0) is 42.1 Å². The zero-order valence-corrected chi connectivity index (χ0v) is 16.6. The van der Waals surface area contributed by atoms with Gasteiger partial charge in [-0.25, -0.2) is 0 Å². The lowest BCUT2D eigenvalue weighted by Gasteiger charge is -2.37. The first-order valence-electron chi connectivity index (χ1n) is 9.23. The number of piperazine rings is 1. The number of likely N-dealkylation sites (tertiary alicyclic amines) is 1. The van der Waals surface area contributed by atoms with Gasteiger partial charge in [0.05, 0.1) is 4.88 Å². The first-order chi connectivity index (χ1) is 13.1. The topological polar surface area (TPSA) is 43.9 Å². The lowest BCUT2D eigenvalue weighted by Crippen LogP contribution is -2.52. The summed E-state index contributed by atoms with van der Waals surface area (Å²) in [4.78, 5) is 32.2. The molecule has 2 aliphatic rings. The monoisotopic (exact) mass is 403 g/mol. The molecule has 27 heavy (non-hydrogen) atoms. The third-order valence-electron chi connectivity index (χ3n) is 5.39. The third-order valence-corrected chi connectivity index (χ3v) is 6.50. The zero-order chi connectivity index (χ0) is 18.8. The largest absolute Gasteiger partial charge is 0.337 e. The van der Waals surface area contributed by atoms with E-state index in [1.165, 1.54) is 11.3 Å². The van der Waals surface area contributed by atoms with E-state index in [1.54, 1.807) is 24.3 Å². The summed E-state index contributed by atoms with van der Waals surface area (Å²) in [5, 5.41) is 2.58. The molecular formula is C20H22ClN3O2S. The van der Waals surface area contributed by atoms with Crippen molar-refractivity contribution >= 4 is 34.8 Å². The fourth-order valence-corrected chi connectivity index (χ4v) is 4.66. The van der Waals surface area contributed by atoms with E-state index in [2.05, 4.69) is 4.90 Å². The summed E-state index contributed by atoms with van der Waals surface area (Å²) in [5.74, 6) is 0.205. The fourth-order valence-electron chi connectivity index (χ4n) is 3.85. The van der Waals surface area contributed by atoms with Crippen molar-refractivity contribution in [3.05, 3.63) is 57.2 Å². The average Bonchev–Trinajstić information content (AvgIpc) is 3.40. The quantitative estimate of drug-likeness (QED) is 0.791. The maximum Gasteiger partial charge on any atom is 0.264 e. The van der Waals surface area contributed by atoms with E-state index in [0.29, 0.717) is 16.6 Å². The van der Waals surface area contributed by atoms with Crippen LogP contribution < -0.4 is 0 Å². The van der Waals surface area contributed by atoms with Gasteiger partial charge in [-0.15, -0.1) is 11.3 Å². The SMILES string of the molecule is O=C(c1ccc(Cl)cc1)N1CCC(N2CCN(C(=O)c3cccs3)CC2)C1. The van der Waals surface area contributed by atoms with Crippen molar-refractivity contribution in [2.45, 2.75) is 12.5 Å². The van der Waals surface area contributed by atoms with Gasteiger partial charge >= 0.3 is 0 Å². The Morgan fingerprint density at radius 3 is 2.33 bits per heavy atom. The number of hydrogen-bond acceptors (Lipinski definition) is 4. The molecule has 4 rings (SSSR count). The Hall–Kier alpha value is -1.89. The highest BCUT2D eigenvalue weighted by Gasteiger charge is 2.33. The molecule has 142 valence electrons. The maximum absolute atomic E-state index is 12.7. The molecule has 0 radical (unpaired) electrons. The van der Waals surface area contributed by atoms with Crippen LogP contribution in [0.2, 0.25) is 5.02 Å². The van der Waals surface area contributed by atoms with Gasteiger partial charge in [-0.2, -0.15) is 0 Å². The number of amides is 2. The molecule has 0 spiro atoms. The second kappa shape index (κ2) is 8.00. The van der Waals surface area contributed by atoms with Gasteiger partial charge in [0.25, 0.3) is 11.8 Å². The van der Waals surface area contributed by atoms with Crippen molar-refractivity contribution in [2.24, 2.45) is 0 Å². The van der Waals surface area contributed by atoms with Gasteiger partial charge in [0.2, 0.25) is 0 Å². The summed E-state index contributed by atoms with van der Waals surface area (Å²) in [7, 11) is 0. The highest BCUT2D eigenvalue weighted by Crippen LogP contribution is 2.21. The van der Waals surface area contributed by atoms with Gasteiger partial charge < -0.3 is 9.80 Å². The molecule has 0 aliphatic carbocycles. The minimum Gasteiger partial charge on any atom is -0.337 e. The van der Waals surface area contributed by atoms with Crippen LogP contribution >= 0.6 is 22.9 Å². The summed E-state index contributed by atoms with van der Waals surface area (Å²) in [6.45, 7) is 4.76. The van der Waals surface area contributed by atoms with Gasteiger partial charge in [-0.3, -0.25) is 14.5 Å². The number of carbonyl (C=O) groups is 2. The van der Waals surface area contributed by atoms with Crippen LogP contribution in [0.15, 0.2) is 41.8 Å². The molecule has 2 amide bonds. The fraction of sp³-hybridized carbons (Fsp3) is 0.400. The highest BCUT2D eigenvalue weighted by molar-refractivity contribution is 7.12. The molecule has 2 aromatic rings. The van der Waals surface area contributed by atoms with E-state index in [4.69, 9.17) is 11.6 Å². The minimum atomic E-state index is 0.0701. The predicted octanol–water partition coefficient (Wildman–Crippen LogP) is 3.07. The first-order valence-corrected chi connectivity index (χ1v) is 10.5. The first kappa shape index (κ1) is 18.5. The Morgan fingerprint density at radius 2 is 1.67 bits per heavy atom. The molecule has 7 heteroatoms. The van der Waals surface area contributed by atoms with E-state index < -0.39 is 0 Å². The molecule has 0 bridgehead atoms. The van der Waals surface area contributed by atoms with E-state index in [1.807, 2.05) is 27.3 Å². The van der Waals surface area contributed by atoms with Crippen molar-refractivity contribution in [1.82, 2.24) is 14.7 Å². The molecule has 1 unspecified atom stereocenters. The van der Waals surface area contributed by atoms with Crippen LogP contribution in [-0.2, 0) is 0 Å². The van der Waals surface area contributed by atoms with E-state index >= 15 is 0 Å². The summed E-state index contributed by atoms with van der Waals surface area (Å²) >= 11 is 7.40. The molecule has 0 N–H and O–H groups in total. The Kier molecular flexibility index (Phi) is 5.48. The molecule has 5 nitrogen and oxygen atoms in total. The second-order valence-corrected chi connectivity index (χ2v) is 8.39. The van der Waals surface area contributed by atoms with Crippen molar-refractivity contribution < 1.29 is 9.59 Å². The van der Waals surface area contributed by atoms with Crippen LogP contribution in [0.25, 0.3) is 0 Å². The van der Waals surface area contributed by atoms with Crippen molar-refractivity contribution in [2.75, 3.05) is 39.3 Å². The predicted molar refractivity (Wildman–Crippen MR) is 108 cm³/mol. The molecule has 2 aliphatic heterocycles. The summed E-state index contributed by atoms with van der Waals surface area (Å²) in [6.07, 6.45) is 0.984. The number of hydrogen-bond donors (Lipinski definition) is 0. The normalized spacial score (nSPS) is 20.9. The van der Waals surface area contributed by atoms with Crippen LogP contribution in [0.5, 0.6) is 0 Å². The molecule has 2 saturated heterocycles. The smallest absolute Gasteiger partial charge is 0.264 e. The van der Waals surface area contributed by atoms with E-state index in [-0.39, 0.29) is 11.8 Å². The number of nitrogens with zero attached hydrogens (tertiary/aromatic N) is 3. The average molecular weight is 404 g/mol. The van der Waals surface area contributed by atoms with Crippen LogP contribution in [0, 0.1) is 0 Å². The van der Waals surface area contributed by atoms with Crippen molar-refractivity contribution in [3.63, 3.8) is 0 Å². The maximum atomic E-state index is 12.7. The van der Waals surface area contributed by atoms with Crippen LogP contribution in [-0.4, -0.2) is 71.8 Å². The molecule has 2 fully saturated rings. The molecular weight excluding hydrogens is 382 g/mol. The number of rotatable bonds is 3. The molecule has 1 aromatic carbocycles. The molecule has 1 atom stereocenters. The lowest BCUT2D eigenvalue weighted by atomic mass is 10.2. The van der Waals surface area contributed by atoms with Gasteiger partial charge in [-0.1, -0.05) is 17.7 Å². The summed E-state index contributed by atoms with van der Waals surface area (Å²) < 4.78 is 0. The molecule has 3 heterocycles. The molecule has 1 aromatic heterocycles. The number of benzene rings is 1. The zero-order valence-electron chi connectivity index (χ0n) is 15.0. The van der Waals surface area contributed by atoms with Crippen LogP contribution in [0.4, 0.5) is 0 Å². The Labute approximate surface area is 168 Å². The standard InChI is InChI=1S/C20H22ClN3O2S/c21-16-5-3-15(4-6-16)19(25)24-8-7-17(14-24)22-9-11-23(12-10-22)20(26)18-2-1-13-27-18/h1-6,13,17H,7-12,14H2. The second-order valence-electron chi connectivity index (χ2n) is 7.01. The van der Waals surface area contributed by atoms with Gasteiger partial charge in [0.1, 0.15) is 0 Å². The Balaban J connectivity index is 1.30. The Bertz CT molecular complexity index is 801. The van der Waals surface area contributed by atoms with Gasteiger partial charge in [0.15, 0.2) is 0 Å². The number of carbonyl (C=O) groups excluding carboxylic acids is 2. The number of halogens is 1. The Morgan fingerprint density at radius 1 is 0.926 bits per heavy atom. The van der Waals surface area contributed by atoms with Crippen molar-refractivity contribution in [1.29, 1.82) is 0 Å². The molecule has 0 saturated carbocycles. The van der Waals surface area contributed by atoms with Crippen LogP contribution in [0.1, 0.15) is 26.5 Å². The minimum absolute atomic E-state index is 0.0701.